The number of hydrogen-bond acceptors (Lipinski definition) is 8. The van der Waals surface area contributed by atoms with Crippen LogP contribution in [0, 0.1) is 23.1 Å². The highest BCUT2D eigenvalue weighted by atomic mass is 79.9. The Kier molecular flexibility index (Phi) is 8.93. The summed E-state index contributed by atoms with van der Waals surface area (Å²) in [7, 11) is 3.45. The van der Waals surface area contributed by atoms with Gasteiger partial charge in [-0.2, -0.15) is 5.26 Å². The summed E-state index contributed by atoms with van der Waals surface area (Å²) in [5.74, 6) is -0.345. The van der Waals surface area contributed by atoms with Crippen molar-refractivity contribution in [2.75, 3.05) is 33.9 Å². The summed E-state index contributed by atoms with van der Waals surface area (Å²) >= 11 is 3.44. The molecule has 46 heavy (non-hydrogen) atoms. The van der Waals surface area contributed by atoms with E-state index in [1.165, 1.54) is 7.11 Å². The van der Waals surface area contributed by atoms with E-state index in [2.05, 4.69) is 38.5 Å². The van der Waals surface area contributed by atoms with Gasteiger partial charge in [0.15, 0.2) is 5.82 Å². The largest absolute Gasteiger partial charge is 0.476 e. The summed E-state index contributed by atoms with van der Waals surface area (Å²) in [6, 6.07) is 6.08. The zero-order valence-electron chi connectivity index (χ0n) is 27.1. The molecule has 7 rings (SSSR count). The third-order valence-corrected chi connectivity index (χ3v) is 10.5. The van der Waals surface area contributed by atoms with Gasteiger partial charge in [-0.1, -0.05) is 0 Å². The number of carbonyl (C=O) groups excluding carboxylic acids is 2. The molecule has 1 saturated carbocycles. The highest BCUT2D eigenvalue weighted by Crippen LogP contribution is 2.53. The van der Waals surface area contributed by atoms with Gasteiger partial charge in [0.05, 0.1) is 47.1 Å². The summed E-state index contributed by atoms with van der Waals surface area (Å²) in [6.07, 6.45) is 3.72. The number of aromatic nitrogens is 2. The van der Waals surface area contributed by atoms with E-state index < -0.39 is 11.4 Å². The molecule has 4 aliphatic rings. The van der Waals surface area contributed by atoms with Gasteiger partial charge in [0.25, 0.3) is 0 Å². The molecule has 3 aromatic rings. The van der Waals surface area contributed by atoms with E-state index in [1.807, 2.05) is 37.8 Å². The predicted octanol–water partition coefficient (Wildman–Crippen LogP) is 6.31. The minimum Gasteiger partial charge on any atom is -0.476 e. The fourth-order valence-electron chi connectivity index (χ4n) is 7.35. The van der Waals surface area contributed by atoms with Gasteiger partial charge in [0, 0.05) is 36.0 Å². The molecule has 4 atom stereocenters. The Balaban J connectivity index is 1.53. The van der Waals surface area contributed by atoms with E-state index in [9.17, 15) is 14.9 Å². The van der Waals surface area contributed by atoms with E-state index in [1.54, 1.807) is 0 Å². The Hall–Kier alpha value is -3.43. The van der Waals surface area contributed by atoms with Crippen LogP contribution < -0.4 is 4.74 Å². The molecule has 3 aliphatic heterocycles. The molecule has 12 heteroatoms. The fourth-order valence-corrected chi connectivity index (χ4v) is 7.85. The lowest BCUT2D eigenvalue weighted by atomic mass is 9.79. The van der Waals surface area contributed by atoms with Crippen molar-refractivity contribution >= 4 is 49.8 Å². The smallest absolute Gasteiger partial charge is 0.410 e. The summed E-state index contributed by atoms with van der Waals surface area (Å²) < 4.78 is 35.9. The zero-order valence-corrected chi connectivity index (χ0v) is 28.7. The Bertz CT molecular complexity index is 1730. The molecule has 3 unspecified atom stereocenters. The lowest BCUT2D eigenvalue weighted by Crippen LogP contribution is -2.44. The number of likely N-dealkylation sites (N-methyl/N-ethyl adjacent to an activating group) is 1. The van der Waals surface area contributed by atoms with Crippen LogP contribution in [0.4, 0.5) is 9.18 Å². The number of nitriles is 1. The average Bonchev–Trinajstić information content (AvgIpc) is 3.78. The number of halogens is 2. The number of fused-ring (bicyclic) bond motifs is 4. The number of carbonyl (C=O) groups is 2. The summed E-state index contributed by atoms with van der Waals surface area (Å²) in [4.78, 5) is 34.5. The molecule has 246 valence electrons. The van der Waals surface area contributed by atoms with Crippen LogP contribution in [-0.4, -0.2) is 83.0 Å². The molecule has 1 amide bonds. The minimum absolute atomic E-state index is 0.105. The van der Waals surface area contributed by atoms with Crippen molar-refractivity contribution in [1.29, 1.82) is 5.26 Å². The lowest BCUT2D eigenvalue weighted by molar-refractivity contribution is -0.140. The maximum Gasteiger partial charge on any atom is 0.410 e. The van der Waals surface area contributed by atoms with Gasteiger partial charge in [0.1, 0.15) is 17.7 Å². The second kappa shape index (κ2) is 12.6. The molecule has 0 spiro atoms. The molecule has 2 bridgehead atoms. The van der Waals surface area contributed by atoms with Crippen LogP contribution in [0.1, 0.15) is 70.2 Å². The predicted molar refractivity (Wildman–Crippen MR) is 174 cm³/mol. The normalized spacial score (nSPS) is 22.7. The molecule has 0 radical (unpaired) electrons. The number of rotatable bonds is 9. The fraction of sp³-hybridized carbons (Fsp3) is 0.588. The molecule has 1 aromatic carbocycles. The molecule has 1 aliphatic carbocycles. The van der Waals surface area contributed by atoms with Crippen molar-refractivity contribution < 1.29 is 28.2 Å². The van der Waals surface area contributed by atoms with Gasteiger partial charge < -0.3 is 28.6 Å². The maximum atomic E-state index is 16.2. The van der Waals surface area contributed by atoms with Crippen LogP contribution in [-0.2, 0) is 27.1 Å². The number of benzene rings is 1. The number of likely N-dealkylation sites (tertiary alicyclic amines) is 1. The van der Waals surface area contributed by atoms with Crippen LogP contribution >= 0.6 is 15.9 Å². The van der Waals surface area contributed by atoms with Crippen LogP contribution in [0.5, 0.6) is 5.88 Å². The standard InChI is InChI=1S/C34H41BrFN5O5/c1-34(2,3)46-33(43)40-17-20-15-25(40)30(20)41-21(10-11-26(42)44-5)16-24-31(41)23-14-19(8-6-12-37)27(35)28(36)29(23)38-32(24)45-18-22-9-7-13-39(22)4/h14,16,20,22,25,30H,6-11,13,15,17-18H2,1-5H3/t20?,22-,25?,30?/m0/s1. The first-order valence-corrected chi connectivity index (χ1v) is 16.8. The quantitative estimate of drug-likeness (QED) is 0.240. The van der Waals surface area contributed by atoms with Crippen molar-refractivity contribution in [3.8, 4) is 11.9 Å². The van der Waals surface area contributed by atoms with Gasteiger partial charge in [0.2, 0.25) is 5.88 Å². The Morgan fingerprint density at radius 3 is 2.67 bits per heavy atom. The number of esters is 1. The number of aryl methyl sites for hydroxylation is 2. The first kappa shape index (κ1) is 32.5. The molecule has 2 aromatic heterocycles. The lowest BCUT2D eigenvalue weighted by Gasteiger charge is -2.39. The highest BCUT2D eigenvalue weighted by Gasteiger charge is 2.56. The van der Waals surface area contributed by atoms with Gasteiger partial charge in [-0.3, -0.25) is 4.79 Å². The van der Waals surface area contributed by atoms with Crippen molar-refractivity contribution in [3.05, 3.63) is 33.7 Å². The van der Waals surface area contributed by atoms with Crippen LogP contribution in [0.3, 0.4) is 0 Å². The van der Waals surface area contributed by atoms with Crippen molar-refractivity contribution in [1.82, 2.24) is 19.4 Å². The minimum atomic E-state index is -0.627. The monoisotopic (exact) mass is 697 g/mol. The Morgan fingerprint density at radius 1 is 1.22 bits per heavy atom. The maximum absolute atomic E-state index is 16.2. The van der Waals surface area contributed by atoms with E-state index in [0.29, 0.717) is 42.8 Å². The van der Waals surface area contributed by atoms with E-state index in [0.717, 1.165) is 42.4 Å². The molecule has 3 saturated heterocycles. The van der Waals surface area contributed by atoms with Crippen molar-refractivity contribution in [3.63, 3.8) is 0 Å². The Labute approximate surface area is 276 Å². The number of amides is 1. The topological polar surface area (TPSA) is 110 Å². The average molecular weight is 699 g/mol. The number of ether oxygens (including phenoxy) is 3. The molecular weight excluding hydrogens is 657 g/mol. The van der Waals surface area contributed by atoms with Crippen LogP contribution in [0.15, 0.2) is 16.6 Å². The summed E-state index contributed by atoms with van der Waals surface area (Å²) in [5, 5.41) is 10.6. The second-order valence-corrected chi connectivity index (χ2v) is 14.5. The van der Waals surface area contributed by atoms with Crippen LogP contribution in [0.2, 0.25) is 0 Å². The first-order valence-electron chi connectivity index (χ1n) is 16.0. The molecular formula is C34H41BrFN5O5. The zero-order chi connectivity index (χ0) is 32.9. The molecule has 10 nitrogen and oxygen atoms in total. The highest BCUT2D eigenvalue weighted by molar-refractivity contribution is 9.10. The van der Waals surface area contributed by atoms with E-state index >= 15 is 4.39 Å². The van der Waals surface area contributed by atoms with Gasteiger partial charge >= 0.3 is 12.1 Å². The van der Waals surface area contributed by atoms with Gasteiger partial charge in [-0.05, 0) is 100 Å². The number of hydrogen-bond donors (Lipinski definition) is 0. The number of methoxy groups -OCH3 is 1. The molecule has 5 heterocycles. The Morgan fingerprint density at radius 2 is 2.00 bits per heavy atom. The van der Waals surface area contributed by atoms with Gasteiger partial charge in [-0.15, -0.1) is 0 Å². The van der Waals surface area contributed by atoms with Gasteiger partial charge in [-0.25, -0.2) is 14.2 Å². The van der Waals surface area contributed by atoms with Crippen LogP contribution in [0.25, 0.3) is 21.8 Å². The van der Waals surface area contributed by atoms with Crippen molar-refractivity contribution in [2.24, 2.45) is 5.92 Å². The number of pyridine rings is 1. The SMILES string of the molecule is COC(=O)CCc1cc2c(OC[C@@H]3CCCN3C)nc3c(F)c(Br)c(CCC#N)cc3c2n1C1C2CC1N(C(=O)OC(C)(C)C)C2. The summed E-state index contributed by atoms with van der Waals surface area (Å²) in [6.45, 7) is 7.52. The van der Waals surface area contributed by atoms with E-state index in [-0.39, 0.29) is 58.9 Å². The summed E-state index contributed by atoms with van der Waals surface area (Å²) in [5.41, 5.74) is 1.84. The number of nitrogens with zero attached hydrogens (tertiary/aromatic N) is 5. The van der Waals surface area contributed by atoms with E-state index in [4.69, 9.17) is 19.2 Å². The first-order chi connectivity index (χ1) is 21.9. The van der Waals surface area contributed by atoms with Crippen molar-refractivity contribution in [2.45, 2.75) is 89.4 Å². The second-order valence-electron chi connectivity index (χ2n) is 13.8. The third-order valence-electron chi connectivity index (χ3n) is 9.65. The molecule has 4 fully saturated rings. The third kappa shape index (κ3) is 5.92. The molecule has 0 N–H and O–H groups in total.